The minimum Gasteiger partial charge on any atom is -0.468 e. The van der Waals surface area contributed by atoms with E-state index < -0.39 is 5.97 Å². The molecule has 0 aliphatic carbocycles. The van der Waals surface area contributed by atoms with Crippen molar-refractivity contribution >= 4 is 5.97 Å². The number of methoxy groups -OCH3 is 1. The van der Waals surface area contributed by atoms with Crippen molar-refractivity contribution in [1.82, 2.24) is 25.5 Å². The Morgan fingerprint density at radius 1 is 1.41 bits per heavy atom. The van der Waals surface area contributed by atoms with Gasteiger partial charge in [-0.3, -0.25) is 4.79 Å². The molecule has 0 amide bonds. The zero-order chi connectivity index (χ0) is 15.9. The van der Waals surface area contributed by atoms with E-state index in [9.17, 15) is 4.79 Å². The van der Waals surface area contributed by atoms with Crippen LogP contribution in [0.1, 0.15) is 23.0 Å². The first-order valence-electron chi connectivity index (χ1n) is 6.98. The number of ether oxygens (including phenoxy) is 1. The van der Waals surface area contributed by atoms with Crippen LogP contribution in [0.3, 0.4) is 0 Å². The zero-order valence-electron chi connectivity index (χ0n) is 12.7. The van der Waals surface area contributed by atoms with E-state index in [4.69, 9.17) is 5.73 Å². The SMILES string of the molecule is COC(=O)Cn1nnnc1C(NCCN)c1ccc(C)cc1. The van der Waals surface area contributed by atoms with E-state index in [2.05, 4.69) is 25.6 Å². The summed E-state index contributed by atoms with van der Waals surface area (Å²) in [5.41, 5.74) is 7.74. The van der Waals surface area contributed by atoms with Crippen molar-refractivity contribution in [2.75, 3.05) is 20.2 Å². The van der Waals surface area contributed by atoms with Crippen LogP contribution in [0.2, 0.25) is 0 Å². The van der Waals surface area contributed by atoms with Gasteiger partial charge in [0.2, 0.25) is 0 Å². The number of tetrazole rings is 1. The Morgan fingerprint density at radius 2 is 2.14 bits per heavy atom. The average molecular weight is 304 g/mol. The van der Waals surface area contributed by atoms with Crippen molar-refractivity contribution in [3.63, 3.8) is 0 Å². The highest BCUT2D eigenvalue weighted by atomic mass is 16.5. The molecule has 118 valence electrons. The molecule has 1 atom stereocenters. The third-order valence-electron chi connectivity index (χ3n) is 3.23. The number of aromatic nitrogens is 4. The minimum atomic E-state index is -0.407. The molecule has 0 aliphatic rings. The first-order chi connectivity index (χ1) is 10.7. The van der Waals surface area contributed by atoms with E-state index in [1.165, 1.54) is 11.8 Å². The Bertz CT molecular complexity index is 610. The summed E-state index contributed by atoms with van der Waals surface area (Å²) in [5.74, 6) is 0.137. The second-order valence-electron chi connectivity index (χ2n) is 4.86. The number of nitrogens with one attached hydrogen (secondary N) is 1. The molecule has 3 N–H and O–H groups in total. The maximum absolute atomic E-state index is 11.5. The van der Waals surface area contributed by atoms with Gasteiger partial charge in [-0.05, 0) is 22.9 Å². The Hall–Kier alpha value is -2.32. The van der Waals surface area contributed by atoms with Crippen molar-refractivity contribution in [1.29, 1.82) is 0 Å². The van der Waals surface area contributed by atoms with Crippen molar-refractivity contribution in [2.45, 2.75) is 19.5 Å². The molecule has 22 heavy (non-hydrogen) atoms. The molecule has 8 heteroatoms. The molecule has 2 aromatic rings. The molecule has 2 rings (SSSR count). The van der Waals surface area contributed by atoms with E-state index in [0.29, 0.717) is 18.9 Å². The van der Waals surface area contributed by atoms with Crippen molar-refractivity contribution in [3.8, 4) is 0 Å². The van der Waals surface area contributed by atoms with Gasteiger partial charge in [-0.1, -0.05) is 29.8 Å². The third kappa shape index (κ3) is 3.86. The fourth-order valence-electron chi connectivity index (χ4n) is 2.06. The summed E-state index contributed by atoms with van der Waals surface area (Å²) >= 11 is 0. The van der Waals surface area contributed by atoms with E-state index >= 15 is 0 Å². The van der Waals surface area contributed by atoms with E-state index in [1.807, 2.05) is 31.2 Å². The van der Waals surface area contributed by atoms with Crippen LogP contribution in [0.25, 0.3) is 0 Å². The van der Waals surface area contributed by atoms with Crippen LogP contribution < -0.4 is 11.1 Å². The standard InChI is InChI=1S/C14H20N6O2/c1-10-3-5-11(6-4-10)13(16-8-7-15)14-17-18-19-20(14)9-12(21)22-2/h3-6,13,16H,7-9,15H2,1-2H3. The lowest BCUT2D eigenvalue weighted by atomic mass is 10.0. The Balaban J connectivity index is 2.31. The molecule has 0 aliphatic heterocycles. The topological polar surface area (TPSA) is 108 Å². The second kappa shape index (κ2) is 7.62. The van der Waals surface area contributed by atoms with Crippen molar-refractivity contribution < 1.29 is 9.53 Å². The van der Waals surface area contributed by atoms with E-state index in [-0.39, 0.29) is 12.6 Å². The van der Waals surface area contributed by atoms with Gasteiger partial charge >= 0.3 is 5.97 Å². The number of aryl methyl sites for hydroxylation is 1. The maximum atomic E-state index is 11.5. The highest BCUT2D eigenvalue weighted by Gasteiger charge is 2.21. The van der Waals surface area contributed by atoms with Crippen LogP contribution in [0.15, 0.2) is 24.3 Å². The van der Waals surface area contributed by atoms with Crippen LogP contribution in [-0.4, -0.2) is 46.4 Å². The number of esters is 1. The second-order valence-corrected chi connectivity index (χ2v) is 4.86. The average Bonchev–Trinajstić information content (AvgIpc) is 2.97. The molecule has 1 aromatic carbocycles. The lowest BCUT2D eigenvalue weighted by molar-refractivity contribution is -0.141. The van der Waals surface area contributed by atoms with Crippen LogP contribution in [0, 0.1) is 6.92 Å². The lowest BCUT2D eigenvalue weighted by Gasteiger charge is -2.18. The number of benzene rings is 1. The fraction of sp³-hybridized carbons (Fsp3) is 0.429. The molecule has 0 fully saturated rings. The summed E-state index contributed by atoms with van der Waals surface area (Å²) in [4.78, 5) is 11.5. The van der Waals surface area contributed by atoms with Gasteiger partial charge in [0.15, 0.2) is 5.82 Å². The number of carbonyl (C=O) groups excluding carboxylic acids is 1. The maximum Gasteiger partial charge on any atom is 0.327 e. The predicted molar refractivity (Wildman–Crippen MR) is 79.9 cm³/mol. The Morgan fingerprint density at radius 3 is 2.77 bits per heavy atom. The van der Waals surface area contributed by atoms with Crippen molar-refractivity contribution in [3.05, 3.63) is 41.2 Å². The number of hydrogen-bond donors (Lipinski definition) is 2. The lowest BCUT2D eigenvalue weighted by Crippen LogP contribution is -2.31. The monoisotopic (exact) mass is 304 g/mol. The molecule has 0 saturated heterocycles. The van der Waals surface area contributed by atoms with Gasteiger partial charge in [0.05, 0.1) is 13.2 Å². The first kappa shape index (κ1) is 16.1. The van der Waals surface area contributed by atoms with E-state index in [0.717, 1.165) is 11.1 Å². The summed E-state index contributed by atoms with van der Waals surface area (Å²) in [6.07, 6.45) is 0. The molecular weight excluding hydrogens is 284 g/mol. The molecule has 1 unspecified atom stereocenters. The highest BCUT2D eigenvalue weighted by Crippen LogP contribution is 2.20. The molecular formula is C14H20N6O2. The van der Waals surface area contributed by atoms with Gasteiger partial charge < -0.3 is 15.8 Å². The molecule has 0 saturated carbocycles. The molecule has 1 aromatic heterocycles. The van der Waals surface area contributed by atoms with Crippen LogP contribution in [-0.2, 0) is 16.1 Å². The number of carbonyl (C=O) groups is 1. The third-order valence-corrected chi connectivity index (χ3v) is 3.23. The summed E-state index contributed by atoms with van der Waals surface area (Å²) in [5, 5.41) is 14.9. The van der Waals surface area contributed by atoms with Crippen LogP contribution in [0.4, 0.5) is 0 Å². The van der Waals surface area contributed by atoms with Crippen LogP contribution in [0.5, 0.6) is 0 Å². The van der Waals surface area contributed by atoms with Crippen LogP contribution >= 0.6 is 0 Å². The normalized spacial score (nSPS) is 12.1. The molecule has 0 bridgehead atoms. The zero-order valence-corrected chi connectivity index (χ0v) is 12.7. The fourth-order valence-corrected chi connectivity index (χ4v) is 2.06. The van der Waals surface area contributed by atoms with Gasteiger partial charge in [-0.15, -0.1) is 5.10 Å². The van der Waals surface area contributed by atoms with E-state index in [1.54, 1.807) is 0 Å². The van der Waals surface area contributed by atoms with Gasteiger partial charge in [-0.2, -0.15) is 0 Å². The smallest absolute Gasteiger partial charge is 0.327 e. The summed E-state index contributed by atoms with van der Waals surface area (Å²) < 4.78 is 6.10. The number of nitrogens with two attached hydrogens (primary N) is 1. The highest BCUT2D eigenvalue weighted by molar-refractivity contribution is 5.68. The van der Waals surface area contributed by atoms with Crippen molar-refractivity contribution in [2.24, 2.45) is 5.73 Å². The van der Waals surface area contributed by atoms with Gasteiger partial charge in [0.1, 0.15) is 6.54 Å². The van der Waals surface area contributed by atoms with Gasteiger partial charge in [-0.25, -0.2) is 4.68 Å². The molecule has 0 spiro atoms. The quantitative estimate of drug-likeness (QED) is 0.681. The molecule has 8 nitrogen and oxygen atoms in total. The summed E-state index contributed by atoms with van der Waals surface area (Å²) in [6, 6.07) is 7.78. The summed E-state index contributed by atoms with van der Waals surface area (Å²) in [6.45, 7) is 3.07. The number of nitrogens with zero attached hydrogens (tertiary/aromatic N) is 4. The van der Waals surface area contributed by atoms with Gasteiger partial charge in [0.25, 0.3) is 0 Å². The van der Waals surface area contributed by atoms with Gasteiger partial charge in [0, 0.05) is 13.1 Å². The molecule has 1 heterocycles. The number of hydrogen-bond acceptors (Lipinski definition) is 7. The first-order valence-corrected chi connectivity index (χ1v) is 6.98. The predicted octanol–water partition coefficient (Wildman–Crippen LogP) is -0.208. The number of rotatable bonds is 7. The Kier molecular flexibility index (Phi) is 5.56. The molecule has 0 radical (unpaired) electrons. The summed E-state index contributed by atoms with van der Waals surface area (Å²) in [7, 11) is 1.33. The Labute approximate surface area is 128 Å². The minimum absolute atomic E-state index is 0.0362. The largest absolute Gasteiger partial charge is 0.468 e.